The molecule has 2 rings (SSSR count). The maximum Gasteiger partial charge on any atom is 0.416 e. The Morgan fingerprint density at radius 1 is 1.20 bits per heavy atom. The standard InChI is InChI=1S/C12H10Cl2F3N3/c1-2-7-5-10(18)20(19-7)11-8(13)3-6(4-9(11)14)12(15,16)17/h3-5H,2,18H2,1H3. The van der Waals surface area contributed by atoms with Gasteiger partial charge in [-0.15, -0.1) is 0 Å². The third-order valence-electron chi connectivity index (χ3n) is 2.71. The number of alkyl halides is 3. The smallest absolute Gasteiger partial charge is 0.384 e. The highest BCUT2D eigenvalue weighted by Gasteiger charge is 2.32. The molecule has 0 amide bonds. The highest BCUT2D eigenvalue weighted by molar-refractivity contribution is 6.37. The first-order valence-electron chi connectivity index (χ1n) is 5.65. The van der Waals surface area contributed by atoms with Crippen molar-refractivity contribution in [2.24, 2.45) is 0 Å². The van der Waals surface area contributed by atoms with Crippen LogP contribution in [0.2, 0.25) is 10.0 Å². The molecule has 0 saturated heterocycles. The average Bonchev–Trinajstić information content (AvgIpc) is 2.69. The number of anilines is 1. The van der Waals surface area contributed by atoms with Gasteiger partial charge in [-0.25, -0.2) is 4.68 Å². The number of nitrogens with zero attached hydrogens (tertiary/aromatic N) is 2. The Morgan fingerprint density at radius 3 is 2.15 bits per heavy atom. The quantitative estimate of drug-likeness (QED) is 0.893. The summed E-state index contributed by atoms with van der Waals surface area (Å²) in [7, 11) is 0. The zero-order chi connectivity index (χ0) is 15.1. The molecular weight excluding hydrogens is 314 g/mol. The molecule has 0 spiro atoms. The lowest BCUT2D eigenvalue weighted by atomic mass is 10.2. The second kappa shape index (κ2) is 5.18. The largest absolute Gasteiger partial charge is 0.416 e. The maximum atomic E-state index is 12.7. The van der Waals surface area contributed by atoms with Crippen molar-refractivity contribution in [2.75, 3.05) is 5.73 Å². The normalized spacial score (nSPS) is 11.9. The van der Waals surface area contributed by atoms with E-state index in [0.29, 0.717) is 12.1 Å². The number of hydrogen-bond donors (Lipinski definition) is 1. The fourth-order valence-electron chi connectivity index (χ4n) is 1.73. The molecule has 1 heterocycles. The van der Waals surface area contributed by atoms with Gasteiger partial charge in [0.15, 0.2) is 0 Å². The van der Waals surface area contributed by atoms with Crippen molar-refractivity contribution in [1.82, 2.24) is 9.78 Å². The lowest BCUT2D eigenvalue weighted by Gasteiger charge is -2.13. The van der Waals surface area contributed by atoms with Crippen molar-refractivity contribution in [1.29, 1.82) is 0 Å². The summed E-state index contributed by atoms with van der Waals surface area (Å²) in [4.78, 5) is 0. The van der Waals surface area contributed by atoms with Crippen molar-refractivity contribution in [2.45, 2.75) is 19.5 Å². The van der Waals surface area contributed by atoms with Gasteiger partial charge in [-0.2, -0.15) is 18.3 Å². The Hall–Kier alpha value is -1.40. The monoisotopic (exact) mass is 323 g/mol. The van der Waals surface area contributed by atoms with E-state index in [1.54, 1.807) is 6.07 Å². The lowest BCUT2D eigenvalue weighted by Crippen LogP contribution is -2.08. The average molecular weight is 324 g/mol. The predicted octanol–water partition coefficient (Wildman–Crippen LogP) is 4.34. The van der Waals surface area contributed by atoms with Crippen molar-refractivity contribution >= 4 is 29.0 Å². The van der Waals surface area contributed by atoms with Crippen molar-refractivity contribution in [3.63, 3.8) is 0 Å². The first-order valence-corrected chi connectivity index (χ1v) is 6.40. The Morgan fingerprint density at radius 2 is 1.75 bits per heavy atom. The maximum absolute atomic E-state index is 12.7. The minimum atomic E-state index is -4.52. The minimum absolute atomic E-state index is 0.138. The van der Waals surface area contributed by atoms with Crippen molar-refractivity contribution < 1.29 is 13.2 Å². The number of aryl methyl sites for hydroxylation is 1. The summed E-state index contributed by atoms with van der Waals surface area (Å²) in [5.41, 5.74) is 5.68. The van der Waals surface area contributed by atoms with Crippen LogP contribution in [-0.2, 0) is 12.6 Å². The Balaban J connectivity index is 2.61. The molecule has 0 aliphatic carbocycles. The van der Waals surface area contributed by atoms with E-state index in [9.17, 15) is 13.2 Å². The number of hydrogen-bond acceptors (Lipinski definition) is 2. The summed E-state index contributed by atoms with van der Waals surface area (Å²) >= 11 is 11.8. The van der Waals surface area contributed by atoms with Gasteiger partial charge in [0.05, 0.1) is 21.3 Å². The summed E-state index contributed by atoms with van der Waals surface area (Å²) < 4.78 is 39.2. The molecule has 0 unspecified atom stereocenters. The van der Waals surface area contributed by atoms with Gasteiger partial charge in [0.1, 0.15) is 11.5 Å². The third-order valence-corrected chi connectivity index (χ3v) is 3.28. The van der Waals surface area contributed by atoms with Gasteiger partial charge in [-0.3, -0.25) is 0 Å². The summed E-state index contributed by atoms with van der Waals surface area (Å²) in [6, 6.07) is 3.22. The van der Waals surface area contributed by atoms with Crippen LogP contribution in [0, 0.1) is 0 Å². The molecule has 0 bridgehead atoms. The fourth-order valence-corrected chi connectivity index (χ4v) is 2.38. The van der Waals surface area contributed by atoms with Crippen LogP contribution in [0.3, 0.4) is 0 Å². The van der Waals surface area contributed by atoms with E-state index in [-0.39, 0.29) is 21.6 Å². The van der Waals surface area contributed by atoms with Crippen LogP contribution in [0.15, 0.2) is 18.2 Å². The SMILES string of the molecule is CCc1cc(N)n(-c2c(Cl)cc(C(F)(F)F)cc2Cl)n1. The fraction of sp³-hybridized carbons (Fsp3) is 0.250. The van der Waals surface area contributed by atoms with E-state index in [1.807, 2.05) is 6.92 Å². The van der Waals surface area contributed by atoms with E-state index in [1.165, 1.54) is 4.68 Å². The van der Waals surface area contributed by atoms with Crippen LogP contribution in [-0.4, -0.2) is 9.78 Å². The van der Waals surface area contributed by atoms with Crippen LogP contribution >= 0.6 is 23.2 Å². The highest BCUT2D eigenvalue weighted by Crippen LogP contribution is 2.38. The molecular formula is C12H10Cl2F3N3. The van der Waals surface area contributed by atoms with Crippen LogP contribution in [0.5, 0.6) is 0 Å². The van der Waals surface area contributed by atoms with Gasteiger partial charge in [0.2, 0.25) is 0 Å². The molecule has 1 aromatic heterocycles. The van der Waals surface area contributed by atoms with E-state index in [2.05, 4.69) is 5.10 Å². The Bertz CT molecular complexity index is 627. The Kier molecular flexibility index (Phi) is 3.88. The van der Waals surface area contributed by atoms with Gasteiger partial charge < -0.3 is 5.73 Å². The molecule has 0 aliphatic rings. The number of nitrogen functional groups attached to an aromatic ring is 1. The molecule has 0 radical (unpaired) electrons. The third kappa shape index (κ3) is 2.71. The summed E-state index contributed by atoms with van der Waals surface area (Å²) in [6.45, 7) is 1.88. The van der Waals surface area contributed by atoms with Crippen LogP contribution < -0.4 is 5.73 Å². The summed E-state index contributed by atoms with van der Waals surface area (Å²) in [5.74, 6) is 0.255. The molecule has 3 nitrogen and oxygen atoms in total. The molecule has 108 valence electrons. The molecule has 8 heteroatoms. The van der Waals surface area contributed by atoms with Gasteiger partial charge >= 0.3 is 6.18 Å². The minimum Gasteiger partial charge on any atom is -0.384 e. The van der Waals surface area contributed by atoms with Crippen LogP contribution in [0.4, 0.5) is 19.0 Å². The highest BCUT2D eigenvalue weighted by atomic mass is 35.5. The topological polar surface area (TPSA) is 43.8 Å². The van der Waals surface area contributed by atoms with Crippen LogP contribution in [0.1, 0.15) is 18.2 Å². The molecule has 2 N–H and O–H groups in total. The summed E-state index contributed by atoms with van der Waals surface area (Å²) in [6.07, 6.45) is -3.89. The second-order valence-corrected chi connectivity index (χ2v) is 4.93. The van der Waals surface area contributed by atoms with Gasteiger partial charge in [0, 0.05) is 6.07 Å². The van der Waals surface area contributed by atoms with Crippen molar-refractivity contribution in [3.05, 3.63) is 39.5 Å². The molecule has 20 heavy (non-hydrogen) atoms. The first-order chi connectivity index (χ1) is 9.24. The summed E-state index contributed by atoms with van der Waals surface area (Å²) in [5, 5.41) is 3.82. The number of rotatable bonds is 2. The molecule has 0 aliphatic heterocycles. The zero-order valence-corrected chi connectivity index (χ0v) is 11.8. The molecule has 2 aromatic rings. The van der Waals surface area contributed by atoms with Gasteiger partial charge in [-0.1, -0.05) is 30.1 Å². The van der Waals surface area contributed by atoms with E-state index < -0.39 is 11.7 Å². The first kappa shape index (κ1) is 15.0. The molecule has 0 atom stereocenters. The zero-order valence-electron chi connectivity index (χ0n) is 10.3. The number of aromatic nitrogens is 2. The number of nitrogens with two attached hydrogens (primary N) is 1. The lowest BCUT2D eigenvalue weighted by molar-refractivity contribution is -0.137. The van der Waals surface area contributed by atoms with E-state index in [4.69, 9.17) is 28.9 Å². The second-order valence-electron chi connectivity index (χ2n) is 4.11. The van der Waals surface area contributed by atoms with Gasteiger partial charge in [-0.05, 0) is 18.6 Å². The van der Waals surface area contributed by atoms with Crippen LogP contribution in [0.25, 0.3) is 5.69 Å². The van der Waals surface area contributed by atoms with Gasteiger partial charge in [0.25, 0.3) is 0 Å². The van der Waals surface area contributed by atoms with E-state index >= 15 is 0 Å². The number of halogens is 5. The van der Waals surface area contributed by atoms with Crippen molar-refractivity contribution in [3.8, 4) is 5.69 Å². The predicted molar refractivity (Wildman–Crippen MR) is 72.4 cm³/mol. The van der Waals surface area contributed by atoms with E-state index in [0.717, 1.165) is 12.1 Å². The molecule has 0 fully saturated rings. The Labute approximate surface area is 123 Å². The number of benzene rings is 1. The molecule has 1 aromatic carbocycles. The molecule has 0 saturated carbocycles.